The van der Waals surface area contributed by atoms with Gasteiger partial charge in [0.15, 0.2) is 17.2 Å². The number of hydrogen-bond acceptors (Lipinski definition) is 10. The summed E-state index contributed by atoms with van der Waals surface area (Å²) in [6.45, 7) is 3.56. The van der Waals surface area contributed by atoms with Crippen LogP contribution < -0.4 is 14.8 Å². The van der Waals surface area contributed by atoms with Gasteiger partial charge in [0.25, 0.3) is 0 Å². The summed E-state index contributed by atoms with van der Waals surface area (Å²) in [6, 6.07) is 12.4. The lowest BCUT2D eigenvalue weighted by molar-refractivity contribution is -0.119. The zero-order valence-electron chi connectivity index (χ0n) is 28.6. The highest BCUT2D eigenvalue weighted by Crippen LogP contribution is 2.42. The minimum Gasteiger partial charge on any atom is -0.493 e. The van der Waals surface area contributed by atoms with Crippen LogP contribution in [0.3, 0.4) is 0 Å². The van der Waals surface area contributed by atoms with Crippen molar-refractivity contribution in [2.45, 2.75) is 44.5 Å². The van der Waals surface area contributed by atoms with Crippen molar-refractivity contribution < 1.29 is 29.3 Å². The number of nitrogens with one attached hydrogen (secondary N) is 1. The Morgan fingerprint density at radius 2 is 1.85 bits per heavy atom. The number of hydrogen-bond donors (Lipinski definition) is 3. The van der Waals surface area contributed by atoms with Gasteiger partial charge in [-0.1, -0.05) is 41.4 Å². The molecule has 1 atom stereocenters. The number of methoxy groups -OCH3 is 2. The number of benzene rings is 1. The summed E-state index contributed by atoms with van der Waals surface area (Å²) in [5, 5.41) is 28.2. The Bertz CT molecular complexity index is 2190. The number of carboxylic acid groups (broad SMARTS) is 1. The second kappa shape index (κ2) is 14.2. The van der Waals surface area contributed by atoms with Crippen LogP contribution in [0.25, 0.3) is 39.3 Å². The monoisotopic (exact) mass is 746 g/mol. The van der Waals surface area contributed by atoms with E-state index in [1.807, 2.05) is 24.3 Å². The van der Waals surface area contributed by atoms with Crippen LogP contribution in [0, 0.1) is 0 Å². The second-order valence-electron chi connectivity index (χ2n) is 13.3. The SMILES string of the molecule is COc1nc(-c2cccc(-c3ccnc(-c4cc(OC)c5nc(CN6CC(C)(O)C6)nn5c4)c3Cl)c2Cl)ccc1CN(C[C@@H]1CCC(=O)N1)C(=O)O. The molecule has 2 saturated heterocycles. The maximum atomic E-state index is 12.1. The number of aromatic nitrogens is 5. The van der Waals surface area contributed by atoms with E-state index in [1.165, 1.54) is 12.0 Å². The third-order valence-electron chi connectivity index (χ3n) is 9.17. The van der Waals surface area contributed by atoms with Crippen LogP contribution in [0.5, 0.6) is 11.6 Å². The molecule has 270 valence electrons. The third kappa shape index (κ3) is 7.06. The number of likely N-dealkylation sites (tertiary alicyclic amines) is 1. The minimum absolute atomic E-state index is 0.0233. The lowest BCUT2D eigenvalue weighted by Crippen LogP contribution is -2.59. The van der Waals surface area contributed by atoms with E-state index in [2.05, 4.69) is 25.3 Å². The molecule has 2 aliphatic rings. The highest BCUT2D eigenvalue weighted by atomic mass is 35.5. The molecule has 6 heterocycles. The van der Waals surface area contributed by atoms with Crippen LogP contribution in [-0.4, -0.2) is 102 Å². The number of nitrogens with zero attached hydrogens (tertiary/aromatic N) is 7. The largest absolute Gasteiger partial charge is 0.493 e. The molecule has 7 rings (SSSR count). The average molecular weight is 748 g/mol. The quantitative estimate of drug-likeness (QED) is 0.163. The van der Waals surface area contributed by atoms with Crippen molar-refractivity contribution >= 4 is 40.8 Å². The van der Waals surface area contributed by atoms with Gasteiger partial charge >= 0.3 is 6.09 Å². The molecule has 16 heteroatoms. The van der Waals surface area contributed by atoms with E-state index < -0.39 is 11.7 Å². The zero-order chi connectivity index (χ0) is 36.7. The number of aliphatic hydroxyl groups is 1. The average Bonchev–Trinajstić information content (AvgIpc) is 3.72. The van der Waals surface area contributed by atoms with Gasteiger partial charge in [0, 0.05) is 72.3 Å². The van der Waals surface area contributed by atoms with Crippen molar-refractivity contribution in [2.24, 2.45) is 0 Å². The van der Waals surface area contributed by atoms with Crippen molar-refractivity contribution in [3.8, 4) is 45.3 Å². The van der Waals surface area contributed by atoms with Gasteiger partial charge < -0.3 is 29.9 Å². The summed E-state index contributed by atoms with van der Waals surface area (Å²) in [5.74, 6) is 1.26. The standard InChI is InChI=1S/C36H36Cl2N8O6/c1-36(50)18-44(19-36)17-28-42-33-27(51-2)13-21(15-46(33)43-28)32-31(38)24(11-12-39-32)23-5-4-6-25(30(23)37)26-9-7-20(34(41-26)52-3)14-45(35(48)49)16-22-8-10-29(47)40-22/h4-7,9,11-13,15,22,50H,8,10,14,16-19H2,1-3H3,(H,40,47)(H,48,49)/t22-/m0/s1. The molecule has 0 radical (unpaired) electrons. The lowest BCUT2D eigenvalue weighted by Gasteiger charge is -2.43. The highest BCUT2D eigenvalue weighted by Gasteiger charge is 2.37. The first-order valence-electron chi connectivity index (χ1n) is 16.6. The number of rotatable bonds is 11. The Balaban J connectivity index is 1.17. The Morgan fingerprint density at radius 3 is 2.54 bits per heavy atom. The van der Waals surface area contributed by atoms with E-state index in [0.717, 1.165) is 0 Å². The van der Waals surface area contributed by atoms with Crippen LogP contribution in [0.15, 0.2) is 54.9 Å². The van der Waals surface area contributed by atoms with E-state index in [-0.39, 0.29) is 30.9 Å². The molecule has 14 nitrogen and oxygen atoms in total. The molecular weight excluding hydrogens is 711 g/mol. The molecular formula is C36H36Cl2N8O6. The molecule has 1 aromatic carbocycles. The number of carbonyl (C=O) groups is 2. The number of pyridine rings is 3. The van der Waals surface area contributed by atoms with Crippen molar-refractivity contribution in [3.63, 3.8) is 0 Å². The molecule has 3 N–H and O–H groups in total. The molecule has 2 amide bonds. The van der Waals surface area contributed by atoms with E-state index in [9.17, 15) is 19.8 Å². The van der Waals surface area contributed by atoms with Crippen LogP contribution in [0.4, 0.5) is 4.79 Å². The van der Waals surface area contributed by atoms with Gasteiger partial charge in [-0.25, -0.2) is 19.3 Å². The molecule has 52 heavy (non-hydrogen) atoms. The summed E-state index contributed by atoms with van der Waals surface area (Å²) in [6.07, 6.45) is 3.29. The first-order valence-corrected chi connectivity index (χ1v) is 17.3. The number of amides is 2. The van der Waals surface area contributed by atoms with E-state index >= 15 is 0 Å². The smallest absolute Gasteiger partial charge is 0.407 e. The van der Waals surface area contributed by atoms with Gasteiger partial charge in [-0.2, -0.15) is 0 Å². The van der Waals surface area contributed by atoms with Crippen molar-refractivity contribution in [2.75, 3.05) is 33.9 Å². The van der Waals surface area contributed by atoms with Crippen LogP contribution in [0.2, 0.25) is 10.0 Å². The Labute approximate surface area is 308 Å². The molecule has 0 spiro atoms. The molecule has 0 unspecified atom stereocenters. The van der Waals surface area contributed by atoms with Crippen LogP contribution in [0.1, 0.15) is 31.2 Å². The fourth-order valence-corrected chi connectivity index (χ4v) is 7.43. The summed E-state index contributed by atoms with van der Waals surface area (Å²) in [4.78, 5) is 41.0. The fraction of sp³-hybridized carbons (Fsp3) is 0.333. The van der Waals surface area contributed by atoms with E-state index in [4.69, 9.17) is 37.7 Å². The van der Waals surface area contributed by atoms with Crippen molar-refractivity contribution in [3.05, 3.63) is 76.3 Å². The summed E-state index contributed by atoms with van der Waals surface area (Å²) >= 11 is 14.2. The topological polar surface area (TPSA) is 168 Å². The summed E-state index contributed by atoms with van der Waals surface area (Å²) < 4.78 is 12.9. The van der Waals surface area contributed by atoms with E-state index in [1.54, 1.807) is 49.1 Å². The number of β-amino-alcohol motifs (C(OH)–C–C–N with tert-alkyl or cyclic N) is 1. The first-order chi connectivity index (χ1) is 24.9. The second-order valence-corrected chi connectivity index (χ2v) is 14.0. The Kier molecular flexibility index (Phi) is 9.65. The van der Waals surface area contributed by atoms with Gasteiger partial charge in [-0.15, -0.1) is 5.10 Å². The van der Waals surface area contributed by atoms with E-state index in [0.29, 0.717) is 98.9 Å². The van der Waals surface area contributed by atoms with Crippen molar-refractivity contribution in [1.29, 1.82) is 0 Å². The van der Waals surface area contributed by atoms with Gasteiger partial charge in [-0.3, -0.25) is 14.7 Å². The number of ether oxygens (including phenoxy) is 2. The number of carbonyl (C=O) groups excluding carboxylic acids is 1. The van der Waals surface area contributed by atoms with Crippen LogP contribution in [-0.2, 0) is 17.9 Å². The molecule has 2 aliphatic heterocycles. The van der Waals surface area contributed by atoms with Gasteiger partial charge in [0.05, 0.1) is 54.3 Å². The minimum atomic E-state index is -1.11. The summed E-state index contributed by atoms with van der Waals surface area (Å²) in [5.41, 5.74) is 3.97. The number of halogens is 2. The summed E-state index contributed by atoms with van der Waals surface area (Å²) in [7, 11) is 3.03. The molecule has 2 fully saturated rings. The van der Waals surface area contributed by atoms with Crippen molar-refractivity contribution in [1.82, 2.24) is 39.7 Å². The zero-order valence-corrected chi connectivity index (χ0v) is 30.1. The third-order valence-corrected chi connectivity index (χ3v) is 9.96. The van der Waals surface area contributed by atoms with Gasteiger partial charge in [0.1, 0.15) is 0 Å². The molecule has 0 saturated carbocycles. The Morgan fingerprint density at radius 1 is 1.08 bits per heavy atom. The molecule has 4 aromatic heterocycles. The van der Waals surface area contributed by atoms with Gasteiger partial charge in [-0.05, 0) is 37.6 Å². The predicted octanol–water partition coefficient (Wildman–Crippen LogP) is 5.17. The lowest BCUT2D eigenvalue weighted by atomic mass is 9.97. The fourth-order valence-electron chi connectivity index (χ4n) is 6.78. The van der Waals surface area contributed by atoms with Gasteiger partial charge in [0.2, 0.25) is 11.8 Å². The maximum Gasteiger partial charge on any atom is 0.407 e. The molecule has 0 aliphatic carbocycles. The maximum absolute atomic E-state index is 12.1. The highest BCUT2D eigenvalue weighted by molar-refractivity contribution is 6.39. The predicted molar refractivity (Wildman–Crippen MR) is 194 cm³/mol. The molecule has 0 bridgehead atoms. The Hall–Kier alpha value is -5.02. The normalized spacial score (nSPS) is 16.8. The van der Waals surface area contributed by atoms with Crippen LogP contribution >= 0.6 is 23.2 Å². The molecule has 5 aromatic rings. The number of fused-ring (bicyclic) bond motifs is 1. The first kappa shape index (κ1) is 35.4.